The first-order valence-electron chi connectivity index (χ1n) is 13.1. The van der Waals surface area contributed by atoms with Crippen LogP contribution in [0.1, 0.15) is 78.6 Å². The Labute approximate surface area is 225 Å². The van der Waals surface area contributed by atoms with Crippen molar-refractivity contribution in [3.05, 3.63) is 0 Å². The molecular weight excluding hydrogens is 502 g/mol. The third-order valence-electron chi connectivity index (χ3n) is 5.99. The number of nitrogens with zero attached hydrogens (tertiary/aromatic N) is 1. The summed E-state index contributed by atoms with van der Waals surface area (Å²) in [5, 5.41) is 9.52. The van der Waals surface area contributed by atoms with E-state index < -0.39 is 0 Å². The largest absolute Gasteiger partial charge is 0.394 e. The second-order valence-electron chi connectivity index (χ2n) is 9.83. The van der Waals surface area contributed by atoms with Crippen LogP contribution in [0.15, 0.2) is 0 Å². The zero-order chi connectivity index (χ0) is 26.8. The Bertz CT molecular complexity index is 648. The van der Waals surface area contributed by atoms with E-state index in [1.165, 1.54) is 0 Å². The minimum Gasteiger partial charge on any atom is -0.394 e. The zero-order valence-corrected chi connectivity index (χ0v) is 24.3. The molecule has 2 atom stereocenters. The molecule has 1 aliphatic heterocycles. The fourth-order valence-corrected chi connectivity index (χ4v) is 6.54. The molecule has 0 spiro atoms. The number of hydrogen-bond acceptors (Lipinski definition) is 9. The molecule has 0 radical (unpaired) electrons. The van der Waals surface area contributed by atoms with E-state index in [2.05, 4.69) is 6.92 Å². The summed E-state index contributed by atoms with van der Waals surface area (Å²) in [6.45, 7) is 8.88. The number of Topliss-reactive ketones (excluding diaryl/α,β-unsaturated/α-hetero) is 2. The van der Waals surface area contributed by atoms with Crippen LogP contribution in [0.3, 0.4) is 0 Å². The molecule has 36 heavy (non-hydrogen) atoms. The predicted octanol–water partition coefficient (Wildman–Crippen LogP) is 4.07. The molecule has 0 aromatic rings. The van der Waals surface area contributed by atoms with E-state index in [0.29, 0.717) is 52.0 Å². The summed E-state index contributed by atoms with van der Waals surface area (Å²) in [5.41, 5.74) is 0. The molecular formula is C26H47NO7S2. The number of rotatable bonds is 22. The van der Waals surface area contributed by atoms with Crippen LogP contribution in [0.25, 0.3) is 0 Å². The molecule has 0 aromatic heterocycles. The molecule has 0 aromatic carbocycles. The van der Waals surface area contributed by atoms with Gasteiger partial charge in [0.25, 0.3) is 0 Å². The molecule has 1 amide bonds. The van der Waals surface area contributed by atoms with Crippen molar-refractivity contribution in [2.45, 2.75) is 95.5 Å². The molecule has 8 nitrogen and oxygen atoms in total. The first-order valence-corrected chi connectivity index (χ1v) is 15.5. The Balaban J connectivity index is 2.11. The van der Waals surface area contributed by atoms with Gasteiger partial charge in [-0.25, -0.2) is 0 Å². The van der Waals surface area contributed by atoms with E-state index in [-0.39, 0.29) is 53.8 Å². The minimum absolute atomic E-state index is 0.0574. The Morgan fingerprint density at radius 2 is 1.69 bits per heavy atom. The Morgan fingerprint density at radius 1 is 0.972 bits per heavy atom. The number of carbonyl (C=O) groups is 3. The van der Waals surface area contributed by atoms with E-state index in [1.807, 2.05) is 13.8 Å². The van der Waals surface area contributed by atoms with Crippen LogP contribution in [0.2, 0.25) is 0 Å². The topological polar surface area (TPSA) is 102 Å². The highest BCUT2D eigenvalue weighted by molar-refractivity contribution is 8.77. The van der Waals surface area contributed by atoms with Crippen molar-refractivity contribution in [1.29, 1.82) is 0 Å². The number of methoxy groups -OCH3 is 1. The lowest BCUT2D eigenvalue weighted by Crippen LogP contribution is -2.38. The highest BCUT2D eigenvalue weighted by Gasteiger charge is 2.35. The van der Waals surface area contributed by atoms with Crippen molar-refractivity contribution in [2.75, 3.05) is 52.4 Å². The zero-order valence-electron chi connectivity index (χ0n) is 22.6. The van der Waals surface area contributed by atoms with Gasteiger partial charge >= 0.3 is 0 Å². The smallest absolute Gasteiger partial charge is 0.223 e. The van der Waals surface area contributed by atoms with Gasteiger partial charge in [-0.3, -0.25) is 14.4 Å². The van der Waals surface area contributed by atoms with Gasteiger partial charge < -0.3 is 24.2 Å². The number of carbonyl (C=O) groups excluding carboxylic acids is 3. The maximum atomic E-state index is 12.5. The quantitative estimate of drug-likeness (QED) is 0.158. The van der Waals surface area contributed by atoms with Crippen LogP contribution in [0.4, 0.5) is 0 Å². The maximum Gasteiger partial charge on any atom is 0.223 e. The number of likely N-dealkylation sites (tertiary alicyclic amines) is 1. The van der Waals surface area contributed by atoms with Crippen LogP contribution >= 0.6 is 21.6 Å². The van der Waals surface area contributed by atoms with Gasteiger partial charge in [0.2, 0.25) is 5.91 Å². The Kier molecular flexibility index (Phi) is 18.0. The molecule has 0 bridgehead atoms. The summed E-state index contributed by atoms with van der Waals surface area (Å²) in [6, 6.07) is -0.227. The highest BCUT2D eigenvalue weighted by Crippen LogP contribution is 2.39. The van der Waals surface area contributed by atoms with Crippen LogP contribution in [-0.2, 0) is 28.6 Å². The van der Waals surface area contributed by atoms with E-state index >= 15 is 0 Å². The minimum atomic E-state index is -0.246. The first kappa shape index (κ1) is 33.4. The summed E-state index contributed by atoms with van der Waals surface area (Å²) < 4.78 is 15.9. The molecule has 1 heterocycles. The number of unbranched alkanes of at least 4 members (excludes halogenated alkanes) is 1. The van der Waals surface area contributed by atoms with Crippen molar-refractivity contribution in [3.63, 3.8) is 0 Å². The van der Waals surface area contributed by atoms with Crippen molar-refractivity contribution >= 4 is 39.1 Å². The van der Waals surface area contributed by atoms with E-state index in [4.69, 9.17) is 14.2 Å². The van der Waals surface area contributed by atoms with Crippen molar-refractivity contribution < 1.29 is 33.7 Å². The van der Waals surface area contributed by atoms with Crippen molar-refractivity contribution in [3.8, 4) is 0 Å². The molecule has 1 fully saturated rings. The van der Waals surface area contributed by atoms with Gasteiger partial charge in [0.1, 0.15) is 11.6 Å². The second-order valence-corrected chi connectivity index (χ2v) is 12.9. The van der Waals surface area contributed by atoms with Crippen molar-refractivity contribution in [1.82, 2.24) is 4.90 Å². The molecule has 1 rings (SSSR count). The van der Waals surface area contributed by atoms with Gasteiger partial charge in [0.05, 0.1) is 38.6 Å². The van der Waals surface area contributed by atoms with Crippen LogP contribution in [-0.4, -0.2) is 96.8 Å². The van der Waals surface area contributed by atoms with Crippen LogP contribution < -0.4 is 0 Å². The maximum absolute atomic E-state index is 12.5. The molecule has 1 saturated heterocycles. The Hall–Kier alpha value is -0.650. The fraction of sp³-hybridized carbons (Fsp3) is 0.885. The van der Waals surface area contributed by atoms with Crippen molar-refractivity contribution in [2.24, 2.45) is 0 Å². The molecule has 0 aliphatic carbocycles. The monoisotopic (exact) mass is 549 g/mol. The Morgan fingerprint density at radius 3 is 2.36 bits per heavy atom. The average Bonchev–Trinajstić information content (AvgIpc) is 3.27. The van der Waals surface area contributed by atoms with Gasteiger partial charge in [-0.15, -0.1) is 0 Å². The summed E-state index contributed by atoms with van der Waals surface area (Å²) >= 11 is 0. The first-order chi connectivity index (χ1) is 17.2. The van der Waals surface area contributed by atoms with Gasteiger partial charge in [0, 0.05) is 62.9 Å². The molecule has 1 N–H and O–H groups in total. The second kappa shape index (κ2) is 19.4. The molecule has 1 aliphatic rings. The van der Waals surface area contributed by atoms with Crippen LogP contribution in [0.5, 0.6) is 0 Å². The summed E-state index contributed by atoms with van der Waals surface area (Å²) in [4.78, 5) is 38.7. The van der Waals surface area contributed by atoms with Gasteiger partial charge in [0.15, 0.2) is 0 Å². The number of ketones is 2. The predicted molar refractivity (Wildman–Crippen MR) is 146 cm³/mol. The highest BCUT2D eigenvalue weighted by atomic mass is 33.1. The fourth-order valence-electron chi connectivity index (χ4n) is 3.91. The normalized spacial score (nSPS) is 18.1. The van der Waals surface area contributed by atoms with Crippen LogP contribution in [0, 0.1) is 0 Å². The summed E-state index contributed by atoms with van der Waals surface area (Å²) in [7, 11) is 4.95. The van der Waals surface area contributed by atoms with E-state index in [9.17, 15) is 19.5 Å². The summed E-state index contributed by atoms with van der Waals surface area (Å²) in [6.07, 6.45) is 5.30. The lowest BCUT2D eigenvalue weighted by Gasteiger charge is -2.24. The van der Waals surface area contributed by atoms with E-state index in [0.717, 1.165) is 31.6 Å². The molecule has 0 saturated carbocycles. The third-order valence-corrected chi connectivity index (χ3v) is 9.36. The van der Waals surface area contributed by atoms with Gasteiger partial charge in [-0.1, -0.05) is 34.9 Å². The van der Waals surface area contributed by atoms with Gasteiger partial charge in [-0.2, -0.15) is 0 Å². The van der Waals surface area contributed by atoms with E-state index in [1.54, 1.807) is 33.6 Å². The average molecular weight is 550 g/mol. The standard InChI is InChI=1S/C26H47NO7S2/c1-5-6-12-33-14-15-34-13-11-22(29)8-7-16-35-36-26(2,3)18-23(30)9-10-25(31)27-19-24(32-4)17-21(27)20-28/h21,24,28H,5-20H2,1-4H3/t21-,24+/m0/s1. The number of aliphatic hydroxyl groups is 1. The molecule has 210 valence electrons. The number of ether oxygens (including phenoxy) is 3. The SMILES string of the molecule is CCCCOCCOCCC(=O)CCCSSC(C)(C)CC(=O)CCC(=O)N1C[C@H](OC)C[C@H]1CO. The molecule has 10 heteroatoms. The lowest BCUT2D eigenvalue weighted by molar-refractivity contribution is -0.135. The molecule has 0 unspecified atom stereocenters. The number of aliphatic hydroxyl groups excluding tert-OH is 1. The lowest BCUT2D eigenvalue weighted by atomic mass is 10.0. The summed E-state index contributed by atoms with van der Waals surface area (Å²) in [5.74, 6) is 1.02. The number of amides is 1. The number of hydrogen-bond donors (Lipinski definition) is 1. The van der Waals surface area contributed by atoms with Gasteiger partial charge in [-0.05, 0) is 33.1 Å². The third kappa shape index (κ3) is 14.9.